The van der Waals surface area contributed by atoms with Crippen LogP contribution in [-0.2, 0) is 11.4 Å². The molecule has 1 aliphatic heterocycles. The number of halogens is 2. The highest BCUT2D eigenvalue weighted by molar-refractivity contribution is 9.10. The van der Waals surface area contributed by atoms with Crippen LogP contribution in [0.2, 0.25) is 0 Å². The SMILES string of the molecule is CCN1C(=O)/C(=C\c2cc(Br)ccc2OCc2ccccc2)SC1=Nc1ccc(F)cc1. The summed E-state index contributed by atoms with van der Waals surface area (Å²) in [5.74, 6) is 0.243. The molecule has 0 saturated carbocycles. The summed E-state index contributed by atoms with van der Waals surface area (Å²) >= 11 is 4.80. The molecule has 4 nitrogen and oxygen atoms in total. The van der Waals surface area contributed by atoms with E-state index in [0.29, 0.717) is 34.7 Å². The van der Waals surface area contributed by atoms with Gasteiger partial charge < -0.3 is 4.74 Å². The number of aliphatic imine (C=N–C) groups is 1. The monoisotopic (exact) mass is 510 g/mol. The van der Waals surface area contributed by atoms with Crippen molar-refractivity contribution >= 4 is 50.5 Å². The largest absolute Gasteiger partial charge is 0.488 e. The second-order valence-electron chi connectivity index (χ2n) is 6.99. The summed E-state index contributed by atoms with van der Waals surface area (Å²) in [5, 5.41) is 0.567. The predicted molar refractivity (Wildman–Crippen MR) is 131 cm³/mol. The highest BCUT2D eigenvalue weighted by atomic mass is 79.9. The van der Waals surface area contributed by atoms with Crippen LogP contribution in [0, 0.1) is 5.82 Å². The van der Waals surface area contributed by atoms with E-state index in [-0.39, 0.29) is 11.7 Å². The molecule has 0 atom stereocenters. The molecule has 1 heterocycles. The summed E-state index contributed by atoms with van der Waals surface area (Å²) in [6, 6.07) is 21.5. The lowest BCUT2D eigenvalue weighted by Crippen LogP contribution is -2.28. The number of benzene rings is 3. The van der Waals surface area contributed by atoms with E-state index >= 15 is 0 Å². The smallest absolute Gasteiger partial charge is 0.266 e. The summed E-state index contributed by atoms with van der Waals surface area (Å²) in [7, 11) is 0. The Kier molecular flexibility index (Phi) is 7.07. The second kappa shape index (κ2) is 10.1. The minimum absolute atomic E-state index is 0.118. The number of thioether (sulfide) groups is 1. The number of ether oxygens (including phenoxy) is 1. The predicted octanol–water partition coefficient (Wildman–Crippen LogP) is 6.79. The van der Waals surface area contributed by atoms with Crippen molar-refractivity contribution in [2.24, 2.45) is 4.99 Å². The van der Waals surface area contributed by atoms with Crippen molar-refractivity contribution in [1.29, 1.82) is 0 Å². The van der Waals surface area contributed by atoms with Crippen molar-refractivity contribution in [2.45, 2.75) is 13.5 Å². The maximum atomic E-state index is 13.2. The standard InChI is InChI=1S/C25H20BrFN2O2S/c1-2-29-24(30)23(32-25(29)28-21-11-9-20(27)10-12-21)15-18-14-19(26)8-13-22(18)31-16-17-6-4-3-5-7-17/h3-15H,2,16H2,1H3/b23-15+,28-25?. The molecule has 1 saturated heterocycles. The Labute approximate surface area is 198 Å². The average molecular weight is 511 g/mol. The molecule has 0 aliphatic carbocycles. The minimum Gasteiger partial charge on any atom is -0.488 e. The van der Waals surface area contributed by atoms with E-state index in [0.717, 1.165) is 15.6 Å². The Morgan fingerprint density at radius 3 is 2.56 bits per heavy atom. The first kappa shape index (κ1) is 22.3. The topological polar surface area (TPSA) is 41.9 Å². The zero-order valence-electron chi connectivity index (χ0n) is 17.3. The van der Waals surface area contributed by atoms with Gasteiger partial charge in [-0.2, -0.15) is 0 Å². The highest BCUT2D eigenvalue weighted by Crippen LogP contribution is 2.36. The van der Waals surface area contributed by atoms with Crippen LogP contribution >= 0.6 is 27.7 Å². The van der Waals surface area contributed by atoms with E-state index in [4.69, 9.17) is 4.74 Å². The van der Waals surface area contributed by atoms with Crippen LogP contribution in [-0.4, -0.2) is 22.5 Å². The van der Waals surface area contributed by atoms with E-state index in [2.05, 4.69) is 20.9 Å². The quantitative estimate of drug-likeness (QED) is 0.342. The van der Waals surface area contributed by atoms with Crippen molar-refractivity contribution in [1.82, 2.24) is 4.90 Å². The number of carbonyl (C=O) groups excluding carboxylic acids is 1. The molecular formula is C25H20BrFN2O2S. The second-order valence-corrected chi connectivity index (χ2v) is 8.91. The maximum absolute atomic E-state index is 13.2. The van der Waals surface area contributed by atoms with Gasteiger partial charge in [-0.25, -0.2) is 9.38 Å². The molecule has 3 aromatic carbocycles. The average Bonchev–Trinajstić information content (AvgIpc) is 3.09. The van der Waals surface area contributed by atoms with Crippen molar-refractivity contribution < 1.29 is 13.9 Å². The van der Waals surface area contributed by atoms with Crippen LogP contribution < -0.4 is 4.74 Å². The van der Waals surface area contributed by atoms with E-state index in [1.54, 1.807) is 17.0 Å². The molecule has 4 rings (SSSR count). The first-order chi connectivity index (χ1) is 15.5. The Morgan fingerprint density at radius 2 is 1.84 bits per heavy atom. The zero-order valence-corrected chi connectivity index (χ0v) is 19.7. The number of likely N-dealkylation sites (N-methyl/N-ethyl adjacent to an activating group) is 1. The number of hydrogen-bond donors (Lipinski definition) is 0. The third-order valence-corrected chi connectivity index (χ3v) is 6.25. The van der Waals surface area contributed by atoms with Gasteiger partial charge in [-0.1, -0.05) is 46.3 Å². The van der Waals surface area contributed by atoms with Gasteiger partial charge in [-0.3, -0.25) is 9.69 Å². The minimum atomic E-state index is -0.324. The lowest BCUT2D eigenvalue weighted by atomic mass is 10.1. The molecule has 0 spiro atoms. The van der Waals surface area contributed by atoms with Gasteiger partial charge >= 0.3 is 0 Å². The van der Waals surface area contributed by atoms with Crippen LogP contribution in [0.3, 0.4) is 0 Å². The Hall–Kier alpha value is -2.90. The molecule has 1 amide bonds. The molecule has 162 valence electrons. The normalized spacial score (nSPS) is 16.2. The van der Waals surface area contributed by atoms with E-state index in [1.165, 1.54) is 23.9 Å². The third-order valence-electron chi connectivity index (χ3n) is 4.75. The van der Waals surface area contributed by atoms with Gasteiger partial charge in [0.2, 0.25) is 0 Å². The molecule has 0 radical (unpaired) electrons. The molecule has 0 unspecified atom stereocenters. The van der Waals surface area contributed by atoms with Crippen LogP contribution in [0.15, 0.2) is 87.2 Å². The number of amides is 1. The molecule has 1 fully saturated rings. The Morgan fingerprint density at radius 1 is 1.09 bits per heavy atom. The molecule has 32 heavy (non-hydrogen) atoms. The highest BCUT2D eigenvalue weighted by Gasteiger charge is 2.32. The van der Waals surface area contributed by atoms with Gasteiger partial charge in [-0.15, -0.1) is 0 Å². The van der Waals surface area contributed by atoms with E-state index in [1.807, 2.05) is 61.5 Å². The third kappa shape index (κ3) is 5.29. The molecule has 0 bridgehead atoms. The summed E-state index contributed by atoms with van der Waals surface area (Å²) in [6.45, 7) is 2.81. The van der Waals surface area contributed by atoms with Gasteiger partial charge in [0.15, 0.2) is 5.17 Å². The van der Waals surface area contributed by atoms with Crippen molar-refractivity contribution in [3.63, 3.8) is 0 Å². The van der Waals surface area contributed by atoms with Gasteiger partial charge in [0.1, 0.15) is 18.2 Å². The lowest BCUT2D eigenvalue weighted by Gasteiger charge is -2.12. The molecule has 0 aromatic heterocycles. The Balaban J connectivity index is 1.62. The molecule has 1 aliphatic rings. The molecule has 3 aromatic rings. The van der Waals surface area contributed by atoms with Gasteiger partial charge in [0.05, 0.1) is 10.6 Å². The number of rotatable bonds is 6. The molecular weight excluding hydrogens is 491 g/mol. The van der Waals surface area contributed by atoms with Crippen LogP contribution in [0.4, 0.5) is 10.1 Å². The number of amidine groups is 1. The van der Waals surface area contributed by atoms with Gasteiger partial charge in [0.25, 0.3) is 5.91 Å². The first-order valence-electron chi connectivity index (χ1n) is 10.1. The van der Waals surface area contributed by atoms with Crippen LogP contribution in [0.5, 0.6) is 5.75 Å². The van der Waals surface area contributed by atoms with E-state index in [9.17, 15) is 9.18 Å². The zero-order chi connectivity index (χ0) is 22.5. The summed E-state index contributed by atoms with van der Waals surface area (Å²) in [6.07, 6.45) is 1.83. The fraction of sp³-hybridized carbons (Fsp3) is 0.120. The van der Waals surface area contributed by atoms with Gasteiger partial charge in [0, 0.05) is 16.6 Å². The molecule has 7 heteroatoms. The molecule has 0 N–H and O–H groups in total. The first-order valence-corrected chi connectivity index (χ1v) is 11.7. The van der Waals surface area contributed by atoms with Crippen molar-refractivity contribution in [3.05, 3.63) is 99.1 Å². The van der Waals surface area contributed by atoms with Crippen LogP contribution in [0.25, 0.3) is 6.08 Å². The maximum Gasteiger partial charge on any atom is 0.266 e. The van der Waals surface area contributed by atoms with E-state index < -0.39 is 0 Å². The van der Waals surface area contributed by atoms with Crippen LogP contribution in [0.1, 0.15) is 18.1 Å². The lowest BCUT2D eigenvalue weighted by molar-refractivity contribution is -0.122. The number of nitrogens with zero attached hydrogens (tertiary/aromatic N) is 2. The summed E-state index contributed by atoms with van der Waals surface area (Å²) < 4.78 is 20.1. The summed E-state index contributed by atoms with van der Waals surface area (Å²) in [5.41, 5.74) is 2.45. The number of hydrogen-bond acceptors (Lipinski definition) is 4. The Bertz CT molecular complexity index is 1180. The number of carbonyl (C=O) groups is 1. The van der Waals surface area contributed by atoms with Gasteiger partial charge in [-0.05, 0) is 72.8 Å². The van der Waals surface area contributed by atoms with Crippen molar-refractivity contribution in [3.8, 4) is 5.75 Å². The fourth-order valence-electron chi connectivity index (χ4n) is 3.14. The summed E-state index contributed by atoms with van der Waals surface area (Å²) in [4.78, 5) is 19.7. The fourth-order valence-corrected chi connectivity index (χ4v) is 4.57. The van der Waals surface area contributed by atoms with Crippen molar-refractivity contribution in [2.75, 3.05) is 6.54 Å².